The van der Waals surface area contributed by atoms with Gasteiger partial charge < -0.3 is 0 Å². The van der Waals surface area contributed by atoms with Crippen molar-refractivity contribution in [3.8, 4) is 0 Å². The van der Waals surface area contributed by atoms with Crippen LogP contribution in [0.15, 0.2) is 11.0 Å². The molecule has 0 atom stereocenters. The van der Waals surface area contributed by atoms with Gasteiger partial charge in [0.05, 0.1) is 10.9 Å². The van der Waals surface area contributed by atoms with Crippen LogP contribution in [-0.4, -0.2) is 14.5 Å². The van der Waals surface area contributed by atoms with Crippen molar-refractivity contribution in [3.05, 3.63) is 21.7 Å². The zero-order valence-electron chi connectivity index (χ0n) is 9.02. The van der Waals surface area contributed by atoms with Crippen molar-refractivity contribution in [1.82, 2.24) is 14.5 Å². The Bertz CT molecular complexity index is 541. The van der Waals surface area contributed by atoms with Gasteiger partial charge in [-0.15, -0.1) is 0 Å². The molecular weight excluding hydrogens is 210 g/mol. The van der Waals surface area contributed by atoms with Crippen LogP contribution in [0.4, 0.5) is 0 Å². The molecule has 2 aromatic heterocycles. The number of aromatic nitrogens is 3. The summed E-state index contributed by atoms with van der Waals surface area (Å²) in [6, 6.07) is 0.144. The van der Waals surface area contributed by atoms with Crippen LogP contribution >= 0.6 is 11.3 Å². The fourth-order valence-corrected chi connectivity index (χ4v) is 2.42. The Morgan fingerprint density at radius 2 is 2.27 bits per heavy atom. The summed E-state index contributed by atoms with van der Waals surface area (Å²) in [5, 5.41) is 0. The number of fused-ring (bicyclic) bond motifs is 1. The van der Waals surface area contributed by atoms with E-state index in [-0.39, 0.29) is 10.9 Å². The summed E-state index contributed by atoms with van der Waals surface area (Å²) >= 11 is 1.21. The van der Waals surface area contributed by atoms with Gasteiger partial charge in [-0.3, -0.25) is 9.36 Å². The molecular formula is C10H13N3OS. The van der Waals surface area contributed by atoms with E-state index in [0.717, 1.165) is 22.6 Å². The molecule has 0 aliphatic carbocycles. The number of rotatable bonds is 2. The van der Waals surface area contributed by atoms with Crippen LogP contribution in [0.5, 0.6) is 0 Å². The van der Waals surface area contributed by atoms with E-state index in [9.17, 15) is 4.79 Å². The van der Waals surface area contributed by atoms with E-state index in [1.807, 2.05) is 20.8 Å². The number of aryl methyl sites for hydroxylation is 1. The fraction of sp³-hybridized carbons (Fsp3) is 0.500. The van der Waals surface area contributed by atoms with Crippen molar-refractivity contribution in [2.75, 3.05) is 0 Å². The van der Waals surface area contributed by atoms with Gasteiger partial charge in [-0.2, -0.15) is 0 Å². The summed E-state index contributed by atoms with van der Waals surface area (Å²) < 4.78 is 2.59. The quantitative estimate of drug-likeness (QED) is 0.782. The summed E-state index contributed by atoms with van der Waals surface area (Å²) in [4.78, 5) is 20.3. The molecule has 15 heavy (non-hydrogen) atoms. The predicted octanol–water partition coefficient (Wildman–Crippen LogP) is 2.00. The molecule has 4 nitrogen and oxygen atoms in total. The molecule has 2 heterocycles. The molecule has 0 amide bonds. The smallest absolute Gasteiger partial charge is 0.280 e. The van der Waals surface area contributed by atoms with E-state index in [4.69, 9.17) is 0 Å². The minimum atomic E-state index is 0.0440. The fourth-order valence-electron chi connectivity index (χ4n) is 1.50. The van der Waals surface area contributed by atoms with Gasteiger partial charge in [0.1, 0.15) is 5.82 Å². The zero-order valence-corrected chi connectivity index (χ0v) is 9.84. The topological polar surface area (TPSA) is 47.8 Å². The van der Waals surface area contributed by atoms with Crippen molar-refractivity contribution in [1.29, 1.82) is 0 Å². The van der Waals surface area contributed by atoms with E-state index in [2.05, 4.69) is 9.97 Å². The van der Waals surface area contributed by atoms with Crippen molar-refractivity contribution < 1.29 is 0 Å². The third-order valence-corrected chi connectivity index (χ3v) is 3.12. The minimum Gasteiger partial charge on any atom is -0.280 e. The zero-order chi connectivity index (χ0) is 11.0. The molecule has 2 aromatic rings. The van der Waals surface area contributed by atoms with E-state index >= 15 is 0 Å². The Kier molecular flexibility index (Phi) is 2.56. The van der Waals surface area contributed by atoms with Gasteiger partial charge >= 0.3 is 4.87 Å². The van der Waals surface area contributed by atoms with E-state index in [0.29, 0.717) is 0 Å². The minimum absolute atomic E-state index is 0.0440. The second-order valence-corrected chi connectivity index (χ2v) is 4.65. The largest absolute Gasteiger partial charge is 0.309 e. The lowest BCUT2D eigenvalue weighted by Gasteiger charge is -2.06. The summed E-state index contributed by atoms with van der Waals surface area (Å²) in [6.45, 7) is 5.98. The summed E-state index contributed by atoms with van der Waals surface area (Å²) in [5.41, 5.74) is 0.770. The third-order valence-electron chi connectivity index (χ3n) is 2.24. The Morgan fingerprint density at radius 1 is 1.53 bits per heavy atom. The summed E-state index contributed by atoms with van der Waals surface area (Å²) in [6.07, 6.45) is 2.53. The van der Waals surface area contributed by atoms with Gasteiger partial charge in [0.2, 0.25) is 0 Å². The maximum Gasteiger partial charge on any atom is 0.309 e. The lowest BCUT2D eigenvalue weighted by Crippen LogP contribution is -2.15. The van der Waals surface area contributed by atoms with E-state index in [1.54, 1.807) is 10.8 Å². The molecule has 2 rings (SSSR count). The monoisotopic (exact) mass is 223 g/mol. The number of hydrogen-bond donors (Lipinski definition) is 0. The molecule has 0 unspecified atom stereocenters. The average Bonchev–Trinajstić information content (AvgIpc) is 2.52. The Morgan fingerprint density at radius 3 is 2.87 bits per heavy atom. The highest BCUT2D eigenvalue weighted by Crippen LogP contribution is 2.17. The normalized spacial score (nSPS) is 11.5. The van der Waals surface area contributed by atoms with Gasteiger partial charge in [0, 0.05) is 12.5 Å². The lowest BCUT2D eigenvalue weighted by molar-refractivity contribution is 0.604. The average molecular weight is 223 g/mol. The van der Waals surface area contributed by atoms with Crippen LogP contribution < -0.4 is 4.87 Å². The molecule has 0 saturated heterocycles. The Hall–Kier alpha value is -1.23. The highest BCUT2D eigenvalue weighted by atomic mass is 32.1. The van der Waals surface area contributed by atoms with Crippen LogP contribution in [0.25, 0.3) is 10.3 Å². The first-order valence-corrected chi connectivity index (χ1v) is 5.82. The second-order valence-electron chi connectivity index (χ2n) is 3.66. The number of hydrogen-bond acceptors (Lipinski definition) is 4. The molecule has 0 fully saturated rings. The molecule has 80 valence electrons. The molecule has 0 aliphatic rings. The summed E-state index contributed by atoms with van der Waals surface area (Å²) in [7, 11) is 0. The highest BCUT2D eigenvalue weighted by Gasteiger charge is 2.12. The van der Waals surface area contributed by atoms with Crippen molar-refractivity contribution in [3.63, 3.8) is 0 Å². The molecule has 0 spiro atoms. The van der Waals surface area contributed by atoms with Crippen LogP contribution in [0.2, 0.25) is 0 Å². The third kappa shape index (κ3) is 1.67. The van der Waals surface area contributed by atoms with Crippen LogP contribution in [0.3, 0.4) is 0 Å². The molecule has 0 aliphatic heterocycles. The molecule has 0 N–H and O–H groups in total. The SMILES string of the molecule is CCc1ncc2sc(=O)n(C(C)C)c2n1. The van der Waals surface area contributed by atoms with Gasteiger partial charge in [-0.05, 0) is 13.8 Å². The molecule has 0 saturated carbocycles. The molecule has 0 aromatic carbocycles. The second kappa shape index (κ2) is 3.73. The first-order valence-electron chi connectivity index (χ1n) is 5.00. The maximum atomic E-state index is 11.7. The first-order chi connectivity index (χ1) is 7.13. The van der Waals surface area contributed by atoms with Gasteiger partial charge in [-0.1, -0.05) is 18.3 Å². The molecule has 5 heteroatoms. The Labute approximate surface area is 91.6 Å². The van der Waals surface area contributed by atoms with E-state index < -0.39 is 0 Å². The van der Waals surface area contributed by atoms with E-state index in [1.165, 1.54) is 11.3 Å². The molecule has 0 bridgehead atoms. The standard InChI is InChI=1S/C10H13N3OS/c1-4-8-11-5-7-9(12-8)13(6(2)3)10(14)15-7/h5-6H,4H2,1-3H3. The van der Waals surface area contributed by atoms with Crippen LogP contribution in [-0.2, 0) is 6.42 Å². The summed E-state index contributed by atoms with van der Waals surface area (Å²) in [5.74, 6) is 0.787. The molecule has 0 radical (unpaired) electrons. The van der Waals surface area contributed by atoms with Crippen molar-refractivity contribution in [2.24, 2.45) is 0 Å². The highest BCUT2D eigenvalue weighted by molar-refractivity contribution is 7.16. The van der Waals surface area contributed by atoms with Gasteiger partial charge in [0.25, 0.3) is 0 Å². The Balaban J connectivity index is 2.78. The lowest BCUT2D eigenvalue weighted by atomic mass is 10.4. The number of nitrogens with zero attached hydrogens (tertiary/aromatic N) is 3. The van der Waals surface area contributed by atoms with Crippen LogP contribution in [0.1, 0.15) is 32.6 Å². The van der Waals surface area contributed by atoms with Gasteiger partial charge in [0.15, 0.2) is 5.65 Å². The first kappa shape index (κ1) is 10.3. The maximum absolute atomic E-state index is 11.7. The number of thiazole rings is 1. The van der Waals surface area contributed by atoms with Crippen molar-refractivity contribution in [2.45, 2.75) is 33.2 Å². The van der Waals surface area contributed by atoms with Crippen LogP contribution in [0, 0.1) is 0 Å². The van der Waals surface area contributed by atoms with Gasteiger partial charge in [-0.25, -0.2) is 9.97 Å². The van der Waals surface area contributed by atoms with Crippen molar-refractivity contribution >= 4 is 21.7 Å². The predicted molar refractivity (Wildman–Crippen MR) is 61.4 cm³/mol.